The van der Waals surface area contributed by atoms with Gasteiger partial charge >= 0.3 is 12.0 Å². The first-order valence-electron chi connectivity index (χ1n) is 14.3. The average molecular weight is 577 g/mol. The molecule has 1 aliphatic rings. The summed E-state index contributed by atoms with van der Waals surface area (Å²) in [6.07, 6.45) is 2.57. The van der Waals surface area contributed by atoms with Gasteiger partial charge in [-0.05, 0) is 42.8 Å². The van der Waals surface area contributed by atoms with E-state index in [1.807, 2.05) is 72.9 Å². The smallest absolute Gasteiger partial charge is 0.325 e. The molecule has 2 heterocycles. The van der Waals surface area contributed by atoms with Crippen molar-refractivity contribution in [3.63, 3.8) is 0 Å². The van der Waals surface area contributed by atoms with Crippen LogP contribution in [0.4, 0.5) is 4.79 Å². The van der Waals surface area contributed by atoms with Crippen LogP contribution in [0, 0.1) is 0 Å². The summed E-state index contributed by atoms with van der Waals surface area (Å²) in [7, 11) is 2.09. The summed E-state index contributed by atoms with van der Waals surface area (Å²) in [6.45, 7) is 3.68. The molecule has 0 bridgehead atoms. The average Bonchev–Trinajstić information content (AvgIpc) is 3.02. The molecule has 0 saturated carbocycles. The monoisotopic (exact) mass is 576 g/mol. The van der Waals surface area contributed by atoms with Crippen LogP contribution in [0.15, 0.2) is 72.9 Å². The molecule has 0 spiro atoms. The number of aliphatic hydroxyl groups excluding tert-OH is 1. The van der Waals surface area contributed by atoms with Gasteiger partial charge in [0, 0.05) is 49.9 Å². The van der Waals surface area contributed by atoms with Crippen molar-refractivity contribution in [3.05, 3.63) is 101 Å². The molecule has 3 N–H and O–H groups in total. The number of likely N-dealkylation sites (N-methyl/N-ethyl adjacent to an activating group) is 1. The van der Waals surface area contributed by atoms with Crippen molar-refractivity contribution in [2.24, 2.45) is 0 Å². The number of nitrogens with zero attached hydrogens (tertiary/aromatic N) is 2. The number of ether oxygens (including phenoxy) is 3. The molecule has 3 unspecified atom stereocenters. The molecule has 224 valence electrons. The number of esters is 1. The van der Waals surface area contributed by atoms with Gasteiger partial charge in [-0.25, -0.2) is 4.79 Å². The van der Waals surface area contributed by atoms with Crippen LogP contribution < -0.4 is 10.6 Å². The van der Waals surface area contributed by atoms with Gasteiger partial charge in [0.2, 0.25) is 0 Å². The van der Waals surface area contributed by atoms with Crippen LogP contribution in [0.3, 0.4) is 0 Å². The third-order valence-electron chi connectivity index (χ3n) is 7.01. The van der Waals surface area contributed by atoms with Gasteiger partial charge in [-0.2, -0.15) is 0 Å². The minimum Gasteiger partial charge on any atom is -0.465 e. The number of nitrogens with one attached hydrogen (secondary N) is 2. The van der Waals surface area contributed by atoms with Crippen molar-refractivity contribution in [2.45, 2.75) is 51.4 Å². The molecule has 2 amide bonds. The Morgan fingerprint density at radius 3 is 2.43 bits per heavy atom. The number of amides is 2. The highest BCUT2D eigenvalue weighted by molar-refractivity contribution is 5.80. The van der Waals surface area contributed by atoms with E-state index in [0.717, 1.165) is 47.5 Å². The van der Waals surface area contributed by atoms with Gasteiger partial charge < -0.3 is 34.9 Å². The molecule has 0 aliphatic carbocycles. The molecular formula is C32H40N4O6. The van der Waals surface area contributed by atoms with Gasteiger partial charge in [-0.1, -0.05) is 54.6 Å². The number of rotatable bonds is 13. The number of hydrogen-bond donors (Lipinski definition) is 3. The fourth-order valence-corrected chi connectivity index (χ4v) is 4.73. The number of benzene rings is 2. The van der Waals surface area contributed by atoms with E-state index in [9.17, 15) is 14.7 Å². The normalized spacial score (nSPS) is 18.4. The number of aliphatic hydroxyl groups is 1. The van der Waals surface area contributed by atoms with E-state index in [1.165, 1.54) is 0 Å². The SMILES string of the molecule is CCOC(=O)CNC(=O)NCc1ccc(C2OC(CN(C)CCc3ccccn3)CC(c3ccc(CO)cc3)O2)cc1. The second kappa shape index (κ2) is 16.0. The number of urea groups is 1. The molecule has 0 radical (unpaired) electrons. The minimum atomic E-state index is -0.564. The predicted molar refractivity (Wildman–Crippen MR) is 157 cm³/mol. The van der Waals surface area contributed by atoms with E-state index in [0.29, 0.717) is 13.0 Å². The molecule has 1 fully saturated rings. The van der Waals surface area contributed by atoms with E-state index >= 15 is 0 Å². The van der Waals surface area contributed by atoms with Crippen molar-refractivity contribution >= 4 is 12.0 Å². The first kappa shape index (κ1) is 31.1. The molecule has 1 aromatic heterocycles. The van der Waals surface area contributed by atoms with Crippen LogP contribution in [-0.4, -0.2) is 66.4 Å². The number of aromatic nitrogens is 1. The Morgan fingerprint density at radius 1 is 1.00 bits per heavy atom. The highest BCUT2D eigenvalue weighted by Gasteiger charge is 2.32. The van der Waals surface area contributed by atoms with Crippen LogP contribution in [0.25, 0.3) is 0 Å². The van der Waals surface area contributed by atoms with Crippen LogP contribution >= 0.6 is 0 Å². The molecule has 42 heavy (non-hydrogen) atoms. The topological polar surface area (TPSA) is 122 Å². The zero-order valence-corrected chi connectivity index (χ0v) is 24.2. The fraction of sp³-hybridized carbons (Fsp3) is 0.406. The number of hydrogen-bond acceptors (Lipinski definition) is 8. The van der Waals surface area contributed by atoms with Crippen molar-refractivity contribution in [2.75, 3.05) is 33.3 Å². The summed E-state index contributed by atoms with van der Waals surface area (Å²) in [5, 5.41) is 14.7. The maximum atomic E-state index is 12.0. The predicted octanol–water partition coefficient (Wildman–Crippen LogP) is 3.66. The lowest BCUT2D eigenvalue weighted by Crippen LogP contribution is -2.38. The third-order valence-corrected chi connectivity index (χ3v) is 7.01. The summed E-state index contributed by atoms with van der Waals surface area (Å²) in [6, 6.07) is 21.1. The zero-order valence-electron chi connectivity index (χ0n) is 24.2. The summed E-state index contributed by atoms with van der Waals surface area (Å²) in [5.41, 5.74) is 4.72. The van der Waals surface area contributed by atoms with Gasteiger partial charge in [-0.3, -0.25) is 9.78 Å². The largest absolute Gasteiger partial charge is 0.465 e. The van der Waals surface area contributed by atoms with Crippen molar-refractivity contribution in [1.29, 1.82) is 0 Å². The Bertz CT molecular complexity index is 1260. The third kappa shape index (κ3) is 9.63. The quantitative estimate of drug-likeness (QED) is 0.264. The summed E-state index contributed by atoms with van der Waals surface area (Å²) in [4.78, 5) is 30.1. The molecule has 3 aromatic rings. The molecule has 2 aromatic carbocycles. The maximum Gasteiger partial charge on any atom is 0.325 e. The van der Waals surface area contributed by atoms with E-state index in [2.05, 4.69) is 27.6 Å². The highest BCUT2D eigenvalue weighted by Crippen LogP contribution is 2.38. The Morgan fingerprint density at radius 2 is 1.74 bits per heavy atom. The Hall–Kier alpha value is -3.83. The zero-order chi connectivity index (χ0) is 29.7. The van der Waals surface area contributed by atoms with Crippen molar-refractivity contribution < 1.29 is 28.9 Å². The van der Waals surface area contributed by atoms with Crippen LogP contribution in [0.5, 0.6) is 0 Å². The molecule has 4 rings (SSSR count). The number of carbonyl (C=O) groups is 2. The highest BCUT2D eigenvalue weighted by atomic mass is 16.7. The van der Waals surface area contributed by atoms with Gasteiger partial charge in [0.1, 0.15) is 6.54 Å². The van der Waals surface area contributed by atoms with E-state index < -0.39 is 18.3 Å². The first-order valence-corrected chi connectivity index (χ1v) is 14.3. The van der Waals surface area contributed by atoms with Crippen molar-refractivity contribution in [3.8, 4) is 0 Å². The lowest BCUT2D eigenvalue weighted by molar-refractivity contribution is -0.252. The lowest BCUT2D eigenvalue weighted by atomic mass is 9.99. The fourth-order valence-electron chi connectivity index (χ4n) is 4.73. The summed E-state index contributed by atoms with van der Waals surface area (Å²) >= 11 is 0. The van der Waals surface area contributed by atoms with Crippen LogP contribution in [0.1, 0.15) is 53.7 Å². The molecular weight excluding hydrogens is 536 g/mol. The standard InChI is InChI=1S/C32H40N4O6/c1-3-40-30(38)20-35-32(39)34-19-23-7-13-26(14-8-23)31-41-28(21-36(2)17-15-27-6-4-5-16-33-27)18-29(42-31)25-11-9-24(22-37)10-12-25/h4-14,16,28-29,31,37H,3,15,17-22H2,1-2H3,(H2,34,35,39). The van der Waals surface area contributed by atoms with E-state index in [-0.39, 0.29) is 32.0 Å². The van der Waals surface area contributed by atoms with Crippen LogP contribution in [-0.2, 0) is 38.6 Å². The molecule has 10 nitrogen and oxygen atoms in total. The number of pyridine rings is 1. The Labute approximate surface area is 247 Å². The molecule has 1 saturated heterocycles. The van der Waals surface area contributed by atoms with Gasteiger partial charge in [0.05, 0.1) is 25.4 Å². The Kier molecular flexibility index (Phi) is 11.8. The van der Waals surface area contributed by atoms with Gasteiger partial charge in [0.25, 0.3) is 0 Å². The summed E-state index contributed by atoms with van der Waals surface area (Å²) in [5.74, 6) is -0.482. The van der Waals surface area contributed by atoms with Gasteiger partial charge in [-0.15, -0.1) is 0 Å². The molecule has 10 heteroatoms. The summed E-state index contributed by atoms with van der Waals surface area (Å²) < 4.78 is 17.7. The maximum absolute atomic E-state index is 12.0. The van der Waals surface area contributed by atoms with Gasteiger partial charge in [0.15, 0.2) is 6.29 Å². The molecule has 1 aliphatic heterocycles. The molecule has 3 atom stereocenters. The second-order valence-corrected chi connectivity index (χ2v) is 10.3. The van der Waals surface area contributed by atoms with E-state index in [1.54, 1.807) is 6.92 Å². The van der Waals surface area contributed by atoms with Crippen molar-refractivity contribution in [1.82, 2.24) is 20.5 Å². The Balaban J connectivity index is 1.38. The lowest BCUT2D eigenvalue weighted by Gasteiger charge is -2.38. The minimum absolute atomic E-state index is 0.00447. The first-order chi connectivity index (χ1) is 20.4. The second-order valence-electron chi connectivity index (χ2n) is 10.3. The van der Waals surface area contributed by atoms with Crippen LogP contribution in [0.2, 0.25) is 0 Å². The van der Waals surface area contributed by atoms with E-state index in [4.69, 9.17) is 14.2 Å². The number of carbonyl (C=O) groups excluding carboxylic acids is 2.